The first-order chi connectivity index (χ1) is 22.8. The number of hydrogen-bond acceptors (Lipinski definition) is 7. The second kappa shape index (κ2) is 16.0. The van der Waals surface area contributed by atoms with E-state index in [0.717, 1.165) is 27.8 Å². The van der Waals surface area contributed by atoms with Crippen molar-refractivity contribution < 1.29 is 33.8 Å². The molecule has 3 N–H and O–H groups in total. The van der Waals surface area contributed by atoms with Gasteiger partial charge in [-0.1, -0.05) is 91.0 Å². The number of rotatable bonds is 9. The Labute approximate surface area is 274 Å². The highest BCUT2D eigenvalue weighted by atomic mass is 16.6. The molecule has 3 aromatic carbocycles. The second-order valence-electron chi connectivity index (χ2n) is 11.9. The fourth-order valence-electron chi connectivity index (χ4n) is 6.04. The molecule has 2 aliphatic rings. The smallest absolute Gasteiger partial charge is 0.407 e. The van der Waals surface area contributed by atoms with E-state index in [9.17, 15) is 24.3 Å². The summed E-state index contributed by atoms with van der Waals surface area (Å²) in [6, 6.07) is 24.0. The van der Waals surface area contributed by atoms with Crippen molar-refractivity contribution in [3.8, 4) is 11.1 Å². The zero-order valence-corrected chi connectivity index (χ0v) is 26.5. The number of nitrogens with one attached hydrogen (secondary N) is 2. The van der Waals surface area contributed by atoms with Crippen molar-refractivity contribution in [2.75, 3.05) is 26.4 Å². The highest BCUT2D eigenvalue weighted by Crippen LogP contribution is 2.44. The molecule has 10 nitrogen and oxygen atoms in total. The molecule has 0 aromatic heterocycles. The topological polar surface area (TPSA) is 134 Å². The Morgan fingerprint density at radius 2 is 1.57 bits per heavy atom. The highest BCUT2D eigenvalue weighted by Gasteiger charge is 2.31. The number of alkyl carbamates (subject to hydrolysis) is 1. The Hall–Kier alpha value is -4.96. The van der Waals surface area contributed by atoms with Gasteiger partial charge in [0.05, 0.1) is 18.6 Å². The maximum absolute atomic E-state index is 13.3. The molecule has 0 spiro atoms. The van der Waals surface area contributed by atoms with Crippen molar-refractivity contribution in [2.24, 2.45) is 5.92 Å². The average Bonchev–Trinajstić information content (AvgIpc) is 3.40. The molecule has 1 heterocycles. The van der Waals surface area contributed by atoms with Gasteiger partial charge in [0.1, 0.15) is 19.3 Å². The number of cyclic esters (lactones) is 1. The van der Waals surface area contributed by atoms with Crippen molar-refractivity contribution in [1.29, 1.82) is 0 Å². The number of amides is 3. The fraction of sp³-hybridized carbons (Fsp3) is 0.351. The summed E-state index contributed by atoms with van der Waals surface area (Å²) in [4.78, 5) is 53.9. The van der Waals surface area contributed by atoms with Crippen LogP contribution in [0.1, 0.15) is 48.8 Å². The molecule has 1 aliphatic carbocycles. The van der Waals surface area contributed by atoms with Crippen LogP contribution in [0.25, 0.3) is 11.1 Å². The molecule has 0 fully saturated rings. The summed E-state index contributed by atoms with van der Waals surface area (Å²) in [5, 5.41) is 15.1. The number of nitrogens with zero attached hydrogens (tertiary/aromatic N) is 1. The van der Waals surface area contributed by atoms with E-state index in [-0.39, 0.29) is 63.4 Å². The third-order valence-corrected chi connectivity index (χ3v) is 8.47. The van der Waals surface area contributed by atoms with Crippen LogP contribution in [0.3, 0.4) is 0 Å². The number of benzene rings is 3. The summed E-state index contributed by atoms with van der Waals surface area (Å²) >= 11 is 0. The minimum atomic E-state index is -1.00. The van der Waals surface area contributed by atoms with Gasteiger partial charge in [-0.3, -0.25) is 9.59 Å². The zero-order chi connectivity index (χ0) is 33.2. The summed E-state index contributed by atoms with van der Waals surface area (Å²) in [5.41, 5.74) is 5.31. The second-order valence-corrected chi connectivity index (χ2v) is 11.9. The van der Waals surface area contributed by atoms with Crippen molar-refractivity contribution in [2.45, 2.75) is 50.7 Å². The number of ether oxygens (including phenoxy) is 2. The van der Waals surface area contributed by atoms with Crippen molar-refractivity contribution in [1.82, 2.24) is 15.5 Å². The molecule has 0 bridgehead atoms. The Balaban J connectivity index is 1.21. The van der Waals surface area contributed by atoms with E-state index in [4.69, 9.17) is 9.47 Å². The normalized spacial score (nSPS) is 20.3. The fourth-order valence-corrected chi connectivity index (χ4v) is 6.04. The lowest BCUT2D eigenvalue weighted by Crippen LogP contribution is -2.45. The van der Waals surface area contributed by atoms with E-state index < -0.39 is 30.1 Å². The number of fused-ring (bicyclic) bond motifs is 3. The van der Waals surface area contributed by atoms with Crippen molar-refractivity contribution >= 4 is 23.9 Å². The Kier molecular flexibility index (Phi) is 11.4. The summed E-state index contributed by atoms with van der Waals surface area (Å²) in [6.07, 6.45) is 3.00. The lowest BCUT2D eigenvalue weighted by molar-refractivity contribution is -0.147. The zero-order valence-electron chi connectivity index (χ0n) is 26.5. The van der Waals surface area contributed by atoms with E-state index >= 15 is 0 Å². The molecule has 0 radical (unpaired) electrons. The van der Waals surface area contributed by atoms with Crippen LogP contribution in [0.4, 0.5) is 4.79 Å². The van der Waals surface area contributed by atoms with Crippen molar-refractivity contribution in [3.05, 3.63) is 108 Å². The molecule has 3 amide bonds. The number of aliphatic hydroxyl groups is 1. The molecule has 1 aliphatic heterocycles. The van der Waals surface area contributed by atoms with Crippen LogP contribution in [0, 0.1) is 5.92 Å². The van der Waals surface area contributed by atoms with Crippen LogP contribution < -0.4 is 10.6 Å². The third-order valence-electron chi connectivity index (χ3n) is 8.47. The Bertz CT molecular complexity index is 1550. The van der Waals surface area contributed by atoms with Gasteiger partial charge in [-0.2, -0.15) is 0 Å². The number of allylic oxidation sites excluding steroid dienone is 1. The maximum Gasteiger partial charge on any atom is 0.407 e. The van der Waals surface area contributed by atoms with E-state index in [1.807, 2.05) is 66.7 Å². The van der Waals surface area contributed by atoms with Crippen LogP contribution in [0.5, 0.6) is 0 Å². The molecule has 0 saturated carbocycles. The number of carbonyl (C=O) groups is 4. The number of aliphatic hydroxyl groups excluding tert-OH is 1. The SMILES string of the molecule is C[C@H]1COC(=O)[C@H](NC(=O)OCC2c3ccccc3-c3ccccc32)C/C=C\C[C@H](CC(=O)N(CCO)Cc2ccccc2)C(=O)N1. The molecule has 47 heavy (non-hydrogen) atoms. The van der Waals surface area contributed by atoms with Gasteiger partial charge in [-0.25, -0.2) is 9.59 Å². The summed E-state index contributed by atoms with van der Waals surface area (Å²) in [7, 11) is 0. The molecular formula is C37H41N3O7. The Morgan fingerprint density at radius 3 is 2.26 bits per heavy atom. The molecule has 246 valence electrons. The summed E-state index contributed by atoms with van der Waals surface area (Å²) < 4.78 is 11.1. The maximum atomic E-state index is 13.3. The van der Waals surface area contributed by atoms with Gasteiger partial charge in [-0.15, -0.1) is 0 Å². The van der Waals surface area contributed by atoms with Gasteiger partial charge in [0, 0.05) is 25.4 Å². The molecule has 3 atom stereocenters. The average molecular weight is 640 g/mol. The Morgan fingerprint density at radius 1 is 0.936 bits per heavy atom. The molecule has 0 saturated heterocycles. The van der Waals surface area contributed by atoms with E-state index in [1.54, 1.807) is 24.0 Å². The predicted molar refractivity (Wildman–Crippen MR) is 176 cm³/mol. The van der Waals surface area contributed by atoms with Gasteiger partial charge < -0.3 is 30.1 Å². The molecule has 3 aromatic rings. The summed E-state index contributed by atoms with van der Waals surface area (Å²) in [5.74, 6) is -2.03. The number of carbonyl (C=O) groups excluding carboxylic acids is 4. The van der Waals surface area contributed by atoms with Crippen LogP contribution >= 0.6 is 0 Å². The monoisotopic (exact) mass is 639 g/mol. The first kappa shape index (κ1) is 33.4. The first-order valence-electron chi connectivity index (χ1n) is 16.0. The van der Waals surface area contributed by atoms with Gasteiger partial charge in [-0.05, 0) is 47.6 Å². The van der Waals surface area contributed by atoms with Gasteiger partial charge >= 0.3 is 12.1 Å². The molecule has 0 unspecified atom stereocenters. The largest absolute Gasteiger partial charge is 0.462 e. The van der Waals surface area contributed by atoms with Crippen LogP contribution in [0.2, 0.25) is 0 Å². The summed E-state index contributed by atoms with van der Waals surface area (Å²) in [6.45, 7) is 1.96. The highest BCUT2D eigenvalue weighted by molar-refractivity contribution is 5.86. The van der Waals surface area contributed by atoms with Gasteiger partial charge in [0.15, 0.2) is 0 Å². The van der Waals surface area contributed by atoms with E-state index in [2.05, 4.69) is 22.8 Å². The van der Waals surface area contributed by atoms with E-state index in [0.29, 0.717) is 6.54 Å². The third kappa shape index (κ3) is 8.65. The number of hydrogen-bond donors (Lipinski definition) is 3. The molecule has 10 heteroatoms. The van der Waals surface area contributed by atoms with Crippen molar-refractivity contribution in [3.63, 3.8) is 0 Å². The van der Waals surface area contributed by atoms with Gasteiger partial charge in [0.2, 0.25) is 11.8 Å². The molecular weight excluding hydrogens is 598 g/mol. The van der Waals surface area contributed by atoms with E-state index in [1.165, 1.54) is 0 Å². The van der Waals surface area contributed by atoms with Crippen LogP contribution in [-0.2, 0) is 30.4 Å². The standard InChI is InChI=1S/C37H41N3O7/c1-25-23-46-36(44)33(39-37(45)47-24-32-30-16-8-6-14-28(30)29-15-7-9-17-31(29)32)18-10-5-13-27(35(43)38-25)21-34(42)40(19-20-41)22-26-11-3-2-4-12-26/h2-12,14-17,25,27,32-33,41H,13,18-24H2,1H3,(H,38,43)(H,39,45)/b10-5-/t25-,27+,33+/m0/s1. The van der Waals surface area contributed by atoms with Crippen LogP contribution in [0.15, 0.2) is 91.0 Å². The number of esters is 1. The quantitative estimate of drug-likeness (QED) is 0.235. The predicted octanol–water partition coefficient (Wildman–Crippen LogP) is 4.32. The molecule has 5 rings (SSSR count). The minimum absolute atomic E-state index is 0.0586. The lowest BCUT2D eigenvalue weighted by Gasteiger charge is -2.25. The first-order valence-corrected chi connectivity index (χ1v) is 16.0. The lowest BCUT2D eigenvalue weighted by atomic mass is 9.97. The minimum Gasteiger partial charge on any atom is -0.462 e. The van der Waals surface area contributed by atoms with Gasteiger partial charge in [0.25, 0.3) is 0 Å². The van der Waals surface area contributed by atoms with Crippen LogP contribution in [-0.4, -0.2) is 72.3 Å².